The minimum absolute atomic E-state index is 0.0947. The highest BCUT2D eigenvalue weighted by Crippen LogP contribution is 2.29. The number of aryl methyl sites for hydroxylation is 1. The summed E-state index contributed by atoms with van der Waals surface area (Å²) in [7, 11) is -3.84. The number of carbonyl (C=O) groups excluding carboxylic acids is 1. The molecule has 0 spiro atoms. The summed E-state index contributed by atoms with van der Waals surface area (Å²) in [5.41, 5.74) is 1.34. The molecule has 0 atom stereocenters. The molecule has 0 heterocycles. The number of benzene rings is 2. The fourth-order valence-corrected chi connectivity index (χ4v) is 2.81. The van der Waals surface area contributed by atoms with Gasteiger partial charge in [0.25, 0.3) is 5.91 Å². The van der Waals surface area contributed by atoms with Gasteiger partial charge in [0.1, 0.15) is 0 Å². The van der Waals surface area contributed by atoms with Gasteiger partial charge in [-0.15, -0.1) is 0 Å². The average Bonchev–Trinajstić information content (AvgIpc) is 2.42. The molecule has 7 heteroatoms. The van der Waals surface area contributed by atoms with E-state index in [0.29, 0.717) is 16.8 Å². The maximum absolute atomic E-state index is 12.1. The van der Waals surface area contributed by atoms with Gasteiger partial charge in [0.2, 0.25) is 10.0 Å². The molecule has 5 nitrogen and oxygen atoms in total. The number of amides is 1. The van der Waals surface area contributed by atoms with E-state index in [2.05, 4.69) is 5.32 Å². The smallest absolute Gasteiger partial charge is 0.255 e. The predicted octanol–water partition coefficient (Wildman–Crippen LogP) is 2.55. The molecule has 2 rings (SSSR count). The Balaban J connectivity index is 2.36. The number of rotatable bonds is 3. The van der Waals surface area contributed by atoms with Crippen molar-refractivity contribution in [3.63, 3.8) is 0 Å². The molecule has 0 radical (unpaired) electrons. The third-order valence-electron chi connectivity index (χ3n) is 2.86. The van der Waals surface area contributed by atoms with Crippen molar-refractivity contribution in [1.29, 1.82) is 0 Å². The van der Waals surface area contributed by atoms with Crippen LogP contribution in [-0.2, 0) is 10.0 Å². The SMILES string of the molecule is Cc1cc(S(N)(=O)=O)cc(Cl)c1NC(=O)c1ccccc1. The first-order valence-corrected chi connectivity index (χ1v) is 7.91. The third-order valence-corrected chi connectivity index (χ3v) is 4.05. The molecule has 0 aliphatic carbocycles. The van der Waals surface area contributed by atoms with Crippen molar-refractivity contribution in [2.24, 2.45) is 5.14 Å². The van der Waals surface area contributed by atoms with Gasteiger partial charge in [-0.3, -0.25) is 4.79 Å². The standard InChI is InChI=1S/C14H13ClN2O3S/c1-9-7-11(21(16,19)20)8-12(15)13(9)17-14(18)10-5-3-2-4-6-10/h2-8H,1H3,(H,17,18)(H2,16,19,20). The molecule has 2 aromatic carbocycles. The van der Waals surface area contributed by atoms with Crippen LogP contribution in [0.1, 0.15) is 15.9 Å². The zero-order chi connectivity index (χ0) is 15.6. The van der Waals surface area contributed by atoms with Crippen LogP contribution in [-0.4, -0.2) is 14.3 Å². The van der Waals surface area contributed by atoms with Gasteiger partial charge in [-0.2, -0.15) is 0 Å². The number of carbonyl (C=O) groups is 1. The first-order valence-electron chi connectivity index (χ1n) is 5.98. The number of nitrogens with one attached hydrogen (secondary N) is 1. The van der Waals surface area contributed by atoms with Crippen molar-refractivity contribution >= 4 is 33.2 Å². The van der Waals surface area contributed by atoms with Crippen LogP contribution in [0.15, 0.2) is 47.4 Å². The topological polar surface area (TPSA) is 89.3 Å². The highest BCUT2D eigenvalue weighted by atomic mass is 35.5. The van der Waals surface area contributed by atoms with Gasteiger partial charge >= 0.3 is 0 Å². The molecule has 2 aromatic rings. The van der Waals surface area contributed by atoms with Crippen LogP contribution in [0.2, 0.25) is 5.02 Å². The van der Waals surface area contributed by atoms with Gasteiger partial charge in [-0.05, 0) is 36.8 Å². The first-order chi connectivity index (χ1) is 9.79. The Morgan fingerprint density at radius 2 is 1.81 bits per heavy atom. The fraction of sp³-hybridized carbons (Fsp3) is 0.0714. The molecule has 0 saturated carbocycles. The van der Waals surface area contributed by atoms with Crippen LogP contribution in [0.5, 0.6) is 0 Å². The van der Waals surface area contributed by atoms with Crippen LogP contribution in [0.4, 0.5) is 5.69 Å². The van der Waals surface area contributed by atoms with Crippen molar-refractivity contribution in [3.05, 3.63) is 58.6 Å². The number of sulfonamides is 1. The Hall–Kier alpha value is -1.89. The first kappa shape index (κ1) is 15.5. The Morgan fingerprint density at radius 3 is 2.33 bits per heavy atom. The van der Waals surface area contributed by atoms with Gasteiger partial charge in [0, 0.05) is 5.56 Å². The molecule has 0 saturated heterocycles. The third kappa shape index (κ3) is 3.60. The number of hydrogen-bond donors (Lipinski definition) is 2. The van der Waals surface area contributed by atoms with Crippen molar-refractivity contribution in [2.45, 2.75) is 11.8 Å². The van der Waals surface area contributed by atoms with Crippen molar-refractivity contribution in [1.82, 2.24) is 0 Å². The largest absolute Gasteiger partial charge is 0.320 e. The summed E-state index contributed by atoms with van der Waals surface area (Å²) < 4.78 is 22.6. The normalized spacial score (nSPS) is 11.2. The van der Waals surface area contributed by atoms with E-state index in [0.717, 1.165) is 0 Å². The Kier molecular flexibility index (Phi) is 4.32. The molecular formula is C14H13ClN2O3S. The van der Waals surface area contributed by atoms with Gasteiger partial charge < -0.3 is 5.32 Å². The van der Waals surface area contributed by atoms with E-state index in [-0.39, 0.29) is 15.8 Å². The average molecular weight is 325 g/mol. The summed E-state index contributed by atoms with van der Waals surface area (Å²) in [6.07, 6.45) is 0. The number of nitrogens with two attached hydrogens (primary N) is 1. The van der Waals surface area contributed by atoms with Gasteiger partial charge in [-0.1, -0.05) is 29.8 Å². The molecule has 1 amide bonds. The van der Waals surface area contributed by atoms with E-state index in [4.69, 9.17) is 16.7 Å². The summed E-state index contributed by atoms with van der Waals surface area (Å²) >= 11 is 6.04. The fourth-order valence-electron chi connectivity index (χ4n) is 1.81. The summed E-state index contributed by atoms with van der Waals surface area (Å²) in [4.78, 5) is 12.0. The van der Waals surface area contributed by atoms with E-state index in [1.54, 1.807) is 37.3 Å². The summed E-state index contributed by atoms with van der Waals surface area (Å²) in [5.74, 6) is -0.330. The molecule has 0 aliphatic heterocycles. The maximum atomic E-state index is 12.1. The highest BCUT2D eigenvalue weighted by molar-refractivity contribution is 7.89. The van der Waals surface area contributed by atoms with E-state index in [1.165, 1.54) is 12.1 Å². The molecule has 0 unspecified atom stereocenters. The van der Waals surface area contributed by atoms with Crippen molar-refractivity contribution < 1.29 is 13.2 Å². The van der Waals surface area contributed by atoms with Crippen molar-refractivity contribution in [2.75, 3.05) is 5.32 Å². The van der Waals surface area contributed by atoms with Crippen LogP contribution in [0.3, 0.4) is 0 Å². The summed E-state index contributed by atoms with van der Waals surface area (Å²) in [6.45, 7) is 1.64. The summed E-state index contributed by atoms with van der Waals surface area (Å²) in [6, 6.07) is 11.2. The quantitative estimate of drug-likeness (QED) is 0.909. The number of anilines is 1. The Morgan fingerprint density at radius 1 is 1.19 bits per heavy atom. The van der Waals surface area contributed by atoms with Gasteiger partial charge in [0.15, 0.2) is 0 Å². The van der Waals surface area contributed by atoms with Crippen LogP contribution in [0.25, 0.3) is 0 Å². The second-order valence-corrected chi connectivity index (χ2v) is 6.43. The predicted molar refractivity (Wildman–Crippen MR) is 82.0 cm³/mol. The van der Waals surface area contributed by atoms with Gasteiger partial charge in [0.05, 0.1) is 15.6 Å². The lowest BCUT2D eigenvalue weighted by Crippen LogP contribution is -2.15. The molecule has 21 heavy (non-hydrogen) atoms. The number of halogens is 1. The minimum atomic E-state index is -3.84. The zero-order valence-electron chi connectivity index (χ0n) is 11.1. The molecule has 0 fully saturated rings. The number of primary sulfonamides is 1. The second-order valence-electron chi connectivity index (χ2n) is 4.46. The molecule has 110 valence electrons. The molecule has 0 aromatic heterocycles. The van der Waals surface area contributed by atoms with Crippen LogP contribution >= 0.6 is 11.6 Å². The van der Waals surface area contributed by atoms with E-state index in [1.807, 2.05) is 0 Å². The highest BCUT2D eigenvalue weighted by Gasteiger charge is 2.15. The van der Waals surface area contributed by atoms with Crippen LogP contribution < -0.4 is 10.5 Å². The Bertz CT molecular complexity index is 766. The second kappa shape index (κ2) is 5.85. The van der Waals surface area contributed by atoms with Crippen LogP contribution in [0, 0.1) is 6.92 Å². The van der Waals surface area contributed by atoms with E-state index in [9.17, 15) is 13.2 Å². The lowest BCUT2D eigenvalue weighted by Gasteiger charge is -2.12. The molecule has 0 aliphatic rings. The monoisotopic (exact) mass is 324 g/mol. The zero-order valence-corrected chi connectivity index (χ0v) is 12.7. The maximum Gasteiger partial charge on any atom is 0.255 e. The lowest BCUT2D eigenvalue weighted by molar-refractivity contribution is 0.102. The lowest BCUT2D eigenvalue weighted by atomic mass is 10.1. The van der Waals surface area contributed by atoms with Crippen molar-refractivity contribution in [3.8, 4) is 0 Å². The van der Waals surface area contributed by atoms with E-state index < -0.39 is 10.0 Å². The summed E-state index contributed by atoms with van der Waals surface area (Å²) in [5, 5.41) is 7.84. The molecule has 0 bridgehead atoms. The van der Waals surface area contributed by atoms with Gasteiger partial charge in [-0.25, -0.2) is 13.6 Å². The number of hydrogen-bond acceptors (Lipinski definition) is 3. The minimum Gasteiger partial charge on any atom is -0.320 e. The molecule has 3 N–H and O–H groups in total. The molecular weight excluding hydrogens is 312 g/mol. The Labute approximate surface area is 127 Å². The van der Waals surface area contributed by atoms with E-state index >= 15 is 0 Å².